The molecule has 1 aromatic carbocycles. The summed E-state index contributed by atoms with van der Waals surface area (Å²) in [6.45, 7) is 10.8. The first kappa shape index (κ1) is 20.7. The molecule has 3 saturated heterocycles. The van der Waals surface area contributed by atoms with Gasteiger partial charge < -0.3 is 15.1 Å². The van der Waals surface area contributed by atoms with Crippen LogP contribution in [0.2, 0.25) is 0 Å². The highest BCUT2D eigenvalue weighted by Gasteiger charge is 2.38. The molecule has 2 aromatic rings. The summed E-state index contributed by atoms with van der Waals surface area (Å²) in [5, 5.41) is 14.1. The van der Waals surface area contributed by atoms with Gasteiger partial charge in [-0.3, -0.25) is 4.98 Å². The Bertz CT molecular complexity index is 948. The van der Waals surface area contributed by atoms with E-state index in [-0.39, 0.29) is 0 Å². The lowest BCUT2D eigenvalue weighted by atomic mass is 9.71. The number of piperidine rings is 2. The van der Waals surface area contributed by atoms with Gasteiger partial charge in [-0.2, -0.15) is 5.26 Å². The third-order valence-electron chi connectivity index (χ3n) is 8.38. The maximum absolute atomic E-state index is 9.48. The van der Waals surface area contributed by atoms with Crippen LogP contribution in [0.25, 0.3) is 10.9 Å². The molecule has 4 heterocycles. The Hall–Kier alpha value is -2.16. The van der Waals surface area contributed by atoms with Crippen molar-refractivity contribution in [3.05, 3.63) is 36.0 Å². The summed E-state index contributed by atoms with van der Waals surface area (Å²) in [4.78, 5) is 9.83. The van der Waals surface area contributed by atoms with Crippen LogP contribution in [0.4, 0.5) is 5.69 Å². The second-order valence-electron chi connectivity index (χ2n) is 10.0. The van der Waals surface area contributed by atoms with Crippen LogP contribution in [-0.4, -0.2) is 55.7 Å². The molecule has 0 radical (unpaired) electrons. The van der Waals surface area contributed by atoms with Gasteiger partial charge in [0.25, 0.3) is 0 Å². The topological polar surface area (TPSA) is 55.2 Å². The van der Waals surface area contributed by atoms with Crippen LogP contribution in [0.3, 0.4) is 0 Å². The van der Waals surface area contributed by atoms with Crippen molar-refractivity contribution in [1.82, 2.24) is 15.2 Å². The second-order valence-corrected chi connectivity index (χ2v) is 10.0. The summed E-state index contributed by atoms with van der Waals surface area (Å²) in [5.41, 5.74) is 3.38. The molecule has 2 atom stereocenters. The Morgan fingerprint density at radius 3 is 2.61 bits per heavy atom. The lowest BCUT2D eigenvalue weighted by molar-refractivity contribution is 0.0629. The molecule has 1 N–H and O–H groups in total. The standard InChI is InChI=1S/C26H35N5/c1-2-20-18-31(24-6-5-21(16-27)25-23(24)4-3-11-29-25)19-22(20)17-30-14-9-26(10-15-30)7-12-28-13-8-26/h3-6,11,20,22,28H,2,7-10,12-15,17-19H2,1H3. The van der Waals surface area contributed by atoms with Crippen molar-refractivity contribution in [2.45, 2.75) is 39.0 Å². The molecular formula is C26H35N5. The highest BCUT2D eigenvalue weighted by Crippen LogP contribution is 2.41. The van der Waals surface area contributed by atoms with Crippen molar-refractivity contribution in [1.29, 1.82) is 5.26 Å². The van der Waals surface area contributed by atoms with E-state index < -0.39 is 0 Å². The monoisotopic (exact) mass is 417 g/mol. The molecule has 5 nitrogen and oxygen atoms in total. The van der Waals surface area contributed by atoms with Gasteiger partial charge in [0.1, 0.15) is 6.07 Å². The molecule has 0 amide bonds. The first-order valence-corrected chi connectivity index (χ1v) is 12.2. The van der Waals surface area contributed by atoms with E-state index in [2.05, 4.69) is 45.2 Å². The summed E-state index contributed by atoms with van der Waals surface area (Å²) >= 11 is 0. The number of nitrogens with zero attached hydrogens (tertiary/aromatic N) is 4. The van der Waals surface area contributed by atoms with Crippen molar-refractivity contribution < 1.29 is 0 Å². The van der Waals surface area contributed by atoms with Gasteiger partial charge in [0, 0.05) is 36.9 Å². The van der Waals surface area contributed by atoms with Gasteiger partial charge in [-0.1, -0.05) is 13.3 Å². The van der Waals surface area contributed by atoms with Crippen LogP contribution in [0.5, 0.6) is 0 Å². The van der Waals surface area contributed by atoms with Gasteiger partial charge in [0.15, 0.2) is 0 Å². The predicted molar refractivity (Wildman–Crippen MR) is 126 cm³/mol. The maximum atomic E-state index is 9.48. The normalized spacial score (nSPS) is 26.4. The minimum atomic E-state index is 0.627. The third kappa shape index (κ3) is 4.04. The summed E-state index contributed by atoms with van der Waals surface area (Å²) < 4.78 is 0. The fraction of sp³-hybridized carbons (Fsp3) is 0.615. The van der Waals surface area contributed by atoms with Gasteiger partial charge in [-0.25, -0.2) is 0 Å². The molecule has 31 heavy (non-hydrogen) atoms. The van der Waals surface area contributed by atoms with E-state index in [4.69, 9.17) is 0 Å². The number of pyridine rings is 1. The third-order valence-corrected chi connectivity index (χ3v) is 8.38. The number of likely N-dealkylation sites (tertiary alicyclic amines) is 1. The first-order valence-electron chi connectivity index (χ1n) is 12.2. The zero-order valence-corrected chi connectivity index (χ0v) is 18.8. The quantitative estimate of drug-likeness (QED) is 0.814. The molecular weight excluding hydrogens is 382 g/mol. The van der Waals surface area contributed by atoms with Gasteiger partial charge in [-0.05, 0) is 93.4 Å². The van der Waals surface area contributed by atoms with E-state index >= 15 is 0 Å². The average Bonchev–Trinajstić information content (AvgIpc) is 3.23. The highest BCUT2D eigenvalue weighted by atomic mass is 15.2. The van der Waals surface area contributed by atoms with E-state index in [1.54, 1.807) is 6.20 Å². The summed E-state index contributed by atoms with van der Waals surface area (Å²) in [6.07, 6.45) is 8.53. The van der Waals surface area contributed by atoms with Crippen molar-refractivity contribution >= 4 is 16.6 Å². The van der Waals surface area contributed by atoms with Gasteiger partial charge >= 0.3 is 0 Å². The molecule has 5 rings (SSSR count). The van der Waals surface area contributed by atoms with E-state index in [1.165, 1.54) is 70.5 Å². The molecule has 0 saturated carbocycles. The zero-order chi connectivity index (χ0) is 21.3. The van der Waals surface area contributed by atoms with Crippen LogP contribution in [0.1, 0.15) is 44.6 Å². The van der Waals surface area contributed by atoms with Crippen molar-refractivity contribution in [2.75, 3.05) is 50.7 Å². The molecule has 1 spiro atoms. The molecule has 0 bridgehead atoms. The number of nitrogens with one attached hydrogen (secondary N) is 1. The second kappa shape index (κ2) is 8.76. The predicted octanol–water partition coefficient (Wildman–Crippen LogP) is 4.03. The van der Waals surface area contributed by atoms with Crippen LogP contribution in [0, 0.1) is 28.6 Å². The molecule has 3 fully saturated rings. The molecule has 1 aromatic heterocycles. The smallest absolute Gasteiger partial charge is 0.101 e. The minimum absolute atomic E-state index is 0.627. The lowest BCUT2D eigenvalue weighted by Gasteiger charge is -2.45. The van der Waals surface area contributed by atoms with Crippen LogP contribution in [0.15, 0.2) is 30.5 Å². The minimum Gasteiger partial charge on any atom is -0.370 e. The lowest BCUT2D eigenvalue weighted by Crippen LogP contribution is -2.47. The fourth-order valence-corrected chi connectivity index (χ4v) is 6.33. The molecule has 0 aliphatic carbocycles. The van der Waals surface area contributed by atoms with E-state index in [1.807, 2.05) is 12.1 Å². The Morgan fingerprint density at radius 1 is 1.10 bits per heavy atom. The Morgan fingerprint density at radius 2 is 1.87 bits per heavy atom. The number of aromatic nitrogens is 1. The van der Waals surface area contributed by atoms with Gasteiger partial charge in [0.2, 0.25) is 0 Å². The first-order chi connectivity index (χ1) is 15.2. The van der Waals surface area contributed by atoms with Crippen molar-refractivity contribution in [3.63, 3.8) is 0 Å². The van der Waals surface area contributed by atoms with Crippen molar-refractivity contribution in [3.8, 4) is 6.07 Å². The molecule has 2 unspecified atom stereocenters. The number of fused-ring (bicyclic) bond motifs is 1. The summed E-state index contributed by atoms with van der Waals surface area (Å²) in [7, 11) is 0. The molecule has 164 valence electrons. The SMILES string of the molecule is CCC1CN(c2ccc(C#N)c3ncccc23)CC1CN1CCC2(CCNCC2)CC1. The van der Waals surface area contributed by atoms with Crippen LogP contribution < -0.4 is 10.2 Å². The Kier molecular flexibility index (Phi) is 5.86. The summed E-state index contributed by atoms with van der Waals surface area (Å²) in [6, 6.07) is 10.5. The molecule has 5 heteroatoms. The van der Waals surface area contributed by atoms with Gasteiger partial charge in [0.05, 0.1) is 11.1 Å². The fourth-order valence-electron chi connectivity index (χ4n) is 6.33. The average molecular weight is 418 g/mol. The number of rotatable bonds is 4. The van der Waals surface area contributed by atoms with Crippen molar-refractivity contribution in [2.24, 2.45) is 17.3 Å². The number of benzene rings is 1. The highest BCUT2D eigenvalue weighted by molar-refractivity contribution is 5.95. The molecule has 3 aliphatic rings. The van der Waals surface area contributed by atoms with E-state index in [0.29, 0.717) is 11.0 Å². The number of hydrogen-bond donors (Lipinski definition) is 1. The zero-order valence-electron chi connectivity index (χ0n) is 18.8. The Balaban J connectivity index is 1.29. The van der Waals surface area contributed by atoms with E-state index in [0.717, 1.165) is 35.8 Å². The number of nitriles is 1. The van der Waals surface area contributed by atoms with Crippen LogP contribution >= 0.6 is 0 Å². The van der Waals surface area contributed by atoms with E-state index in [9.17, 15) is 5.26 Å². The maximum Gasteiger partial charge on any atom is 0.101 e. The number of anilines is 1. The Labute approximate surface area is 186 Å². The largest absolute Gasteiger partial charge is 0.370 e. The molecule has 3 aliphatic heterocycles. The number of hydrogen-bond acceptors (Lipinski definition) is 5. The van der Waals surface area contributed by atoms with Gasteiger partial charge in [-0.15, -0.1) is 0 Å². The van der Waals surface area contributed by atoms with Crippen LogP contribution in [-0.2, 0) is 0 Å². The summed E-state index contributed by atoms with van der Waals surface area (Å²) in [5.74, 6) is 1.45.